The van der Waals surface area contributed by atoms with Gasteiger partial charge >= 0.3 is 0 Å². The Kier molecular flexibility index (Phi) is 3.58. The normalized spacial score (nSPS) is 17.7. The van der Waals surface area contributed by atoms with Gasteiger partial charge in [-0.2, -0.15) is 4.98 Å². The van der Waals surface area contributed by atoms with E-state index in [0.717, 1.165) is 19.5 Å². The molecule has 0 saturated carbocycles. The summed E-state index contributed by atoms with van der Waals surface area (Å²) in [7, 11) is 0. The molecule has 1 unspecified atom stereocenters. The molecular weight excluding hydrogens is 299 g/mol. The van der Waals surface area contributed by atoms with Crippen LogP contribution in [0.5, 0.6) is 0 Å². The van der Waals surface area contributed by atoms with E-state index in [2.05, 4.69) is 25.8 Å². The van der Waals surface area contributed by atoms with E-state index < -0.39 is 0 Å². The first-order valence-corrected chi connectivity index (χ1v) is 7.51. The molecule has 8 heteroatoms. The SMILES string of the molecule is Fc1cccc(-c2noc(-c3cn(CC4CCCN4)nn3)n2)c1. The van der Waals surface area contributed by atoms with Gasteiger partial charge in [0.1, 0.15) is 5.82 Å². The summed E-state index contributed by atoms with van der Waals surface area (Å²) < 4.78 is 20.2. The van der Waals surface area contributed by atoms with Crippen LogP contribution in [-0.2, 0) is 6.54 Å². The molecule has 3 heterocycles. The second-order valence-corrected chi connectivity index (χ2v) is 5.55. The molecule has 23 heavy (non-hydrogen) atoms. The van der Waals surface area contributed by atoms with Crippen LogP contribution in [0.15, 0.2) is 35.0 Å². The Balaban J connectivity index is 1.53. The van der Waals surface area contributed by atoms with Gasteiger partial charge < -0.3 is 9.84 Å². The zero-order valence-corrected chi connectivity index (χ0v) is 12.3. The molecule has 7 nitrogen and oxygen atoms in total. The molecule has 0 aliphatic carbocycles. The van der Waals surface area contributed by atoms with Crippen LogP contribution in [0.4, 0.5) is 4.39 Å². The van der Waals surface area contributed by atoms with Crippen molar-refractivity contribution in [3.05, 3.63) is 36.3 Å². The third kappa shape index (κ3) is 2.98. The Hall–Kier alpha value is -2.61. The van der Waals surface area contributed by atoms with Gasteiger partial charge in [-0.3, -0.25) is 4.68 Å². The fraction of sp³-hybridized carbons (Fsp3) is 0.333. The van der Waals surface area contributed by atoms with Crippen LogP contribution < -0.4 is 5.32 Å². The largest absolute Gasteiger partial charge is 0.332 e. The highest BCUT2D eigenvalue weighted by Crippen LogP contribution is 2.21. The summed E-state index contributed by atoms with van der Waals surface area (Å²) >= 11 is 0. The number of halogens is 1. The molecule has 0 bridgehead atoms. The second-order valence-electron chi connectivity index (χ2n) is 5.55. The lowest BCUT2D eigenvalue weighted by Gasteiger charge is -2.08. The van der Waals surface area contributed by atoms with Gasteiger partial charge in [0.2, 0.25) is 5.82 Å². The van der Waals surface area contributed by atoms with E-state index in [1.165, 1.54) is 18.6 Å². The summed E-state index contributed by atoms with van der Waals surface area (Å²) in [5.74, 6) is 0.255. The van der Waals surface area contributed by atoms with Gasteiger partial charge in [0.25, 0.3) is 5.89 Å². The number of benzene rings is 1. The van der Waals surface area contributed by atoms with E-state index in [0.29, 0.717) is 23.1 Å². The number of rotatable bonds is 4. The Labute approximate surface area is 131 Å². The summed E-state index contributed by atoms with van der Waals surface area (Å²) in [5.41, 5.74) is 1.07. The predicted octanol–water partition coefficient (Wildman–Crippen LogP) is 1.89. The van der Waals surface area contributed by atoms with E-state index in [4.69, 9.17) is 4.52 Å². The maximum atomic E-state index is 13.3. The second kappa shape index (κ2) is 5.88. The molecule has 1 saturated heterocycles. The standard InChI is InChI=1S/C15H15FN6O/c16-11-4-1-3-10(7-11)14-18-15(23-20-14)13-9-22(21-19-13)8-12-5-2-6-17-12/h1,3-4,7,9,12,17H,2,5-6,8H2. The minimum atomic E-state index is -0.344. The predicted molar refractivity (Wildman–Crippen MR) is 79.7 cm³/mol. The quantitative estimate of drug-likeness (QED) is 0.792. The summed E-state index contributed by atoms with van der Waals surface area (Å²) in [6.07, 6.45) is 4.11. The summed E-state index contributed by atoms with van der Waals surface area (Å²) in [4.78, 5) is 4.26. The van der Waals surface area contributed by atoms with Gasteiger partial charge in [-0.1, -0.05) is 22.5 Å². The minimum absolute atomic E-state index is 0.273. The smallest absolute Gasteiger partial charge is 0.280 e. The lowest BCUT2D eigenvalue weighted by Crippen LogP contribution is -2.26. The molecule has 1 N–H and O–H groups in total. The lowest BCUT2D eigenvalue weighted by molar-refractivity contribution is 0.431. The molecular formula is C15H15FN6O. The summed E-state index contributed by atoms with van der Waals surface area (Å²) in [6, 6.07) is 6.48. The van der Waals surface area contributed by atoms with Crippen molar-refractivity contribution in [3.8, 4) is 23.0 Å². The zero-order chi connectivity index (χ0) is 15.6. The number of hydrogen-bond donors (Lipinski definition) is 1. The number of nitrogens with zero attached hydrogens (tertiary/aromatic N) is 5. The molecule has 3 aromatic rings. The van der Waals surface area contributed by atoms with Gasteiger partial charge in [-0.25, -0.2) is 4.39 Å². The molecule has 0 amide bonds. The van der Waals surface area contributed by atoms with E-state index >= 15 is 0 Å². The monoisotopic (exact) mass is 314 g/mol. The van der Waals surface area contributed by atoms with Gasteiger partial charge in [0.05, 0.1) is 12.7 Å². The van der Waals surface area contributed by atoms with E-state index in [9.17, 15) is 4.39 Å². The molecule has 118 valence electrons. The lowest BCUT2D eigenvalue weighted by atomic mass is 10.2. The highest BCUT2D eigenvalue weighted by atomic mass is 19.1. The van der Waals surface area contributed by atoms with Crippen molar-refractivity contribution in [2.75, 3.05) is 6.54 Å². The van der Waals surface area contributed by atoms with E-state index in [1.807, 2.05) is 0 Å². The third-order valence-corrected chi connectivity index (χ3v) is 3.84. The first kappa shape index (κ1) is 14.0. The van der Waals surface area contributed by atoms with Crippen LogP contribution in [0.2, 0.25) is 0 Å². The minimum Gasteiger partial charge on any atom is -0.332 e. The van der Waals surface area contributed by atoms with Crippen LogP contribution in [0, 0.1) is 5.82 Å². The number of aromatic nitrogens is 5. The average Bonchev–Trinajstić information content (AvgIpc) is 3.29. The van der Waals surface area contributed by atoms with E-state index in [1.54, 1.807) is 23.0 Å². The third-order valence-electron chi connectivity index (χ3n) is 3.84. The highest BCUT2D eigenvalue weighted by molar-refractivity contribution is 5.57. The molecule has 1 aromatic carbocycles. The Bertz CT molecular complexity index is 808. The average molecular weight is 314 g/mol. The molecule has 1 aliphatic heterocycles. The first-order valence-electron chi connectivity index (χ1n) is 7.51. The fourth-order valence-corrected chi connectivity index (χ4v) is 2.70. The molecule has 1 aliphatic rings. The van der Waals surface area contributed by atoms with Gasteiger partial charge in [-0.15, -0.1) is 5.10 Å². The Morgan fingerprint density at radius 1 is 1.39 bits per heavy atom. The molecule has 0 radical (unpaired) electrons. The van der Waals surface area contributed by atoms with Gasteiger partial charge in [0.15, 0.2) is 5.69 Å². The first-order chi connectivity index (χ1) is 11.3. The van der Waals surface area contributed by atoms with Crippen molar-refractivity contribution in [1.29, 1.82) is 0 Å². The highest BCUT2D eigenvalue weighted by Gasteiger charge is 2.18. The van der Waals surface area contributed by atoms with Crippen LogP contribution in [-0.4, -0.2) is 37.7 Å². The van der Waals surface area contributed by atoms with Gasteiger partial charge in [0, 0.05) is 11.6 Å². The van der Waals surface area contributed by atoms with Gasteiger partial charge in [-0.05, 0) is 31.5 Å². The topological polar surface area (TPSA) is 81.7 Å². The van der Waals surface area contributed by atoms with Crippen molar-refractivity contribution >= 4 is 0 Å². The molecule has 1 atom stereocenters. The Morgan fingerprint density at radius 2 is 2.35 bits per heavy atom. The van der Waals surface area contributed by atoms with Crippen molar-refractivity contribution in [3.63, 3.8) is 0 Å². The van der Waals surface area contributed by atoms with Crippen molar-refractivity contribution in [2.45, 2.75) is 25.4 Å². The zero-order valence-electron chi connectivity index (χ0n) is 12.3. The number of hydrogen-bond acceptors (Lipinski definition) is 6. The van der Waals surface area contributed by atoms with Crippen LogP contribution in [0.3, 0.4) is 0 Å². The molecule has 1 fully saturated rings. The fourth-order valence-electron chi connectivity index (χ4n) is 2.70. The van der Waals surface area contributed by atoms with Crippen LogP contribution in [0.1, 0.15) is 12.8 Å². The van der Waals surface area contributed by atoms with Crippen molar-refractivity contribution in [1.82, 2.24) is 30.5 Å². The molecule has 0 spiro atoms. The van der Waals surface area contributed by atoms with E-state index in [-0.39, 0.29) is 11.7 Å². The van der Waals surface area contributed by atoms with Crippen molar-refractivity contribution in [2.24, 2.45) is 0 Å². The Morgan fingerprint density at radius 3 is 3.17 bits per heavy atom. The maximum Gasteiger partial charge on any atom is 0.280 e. The summed E-state index contributed by atoms with van der Waals surface area (Å²) in [5, 5.41) is 15.4. The summed E-state index contributed by atoms with van der Waals surface area (Å²) in [6.45, 7) is 1.81. The van der Waals surface area contributed by atoms with Crippen molar-refractivity contribution < 1.29 is 8.91 Å². The van der Waals surface area contributed by atoms with Crippen LogP contribution in [0.25, 0.3) is 23.0 Å². The molecule has 2 aromatic heterocycles. The number of nitrogens with one attached hydrogen (secondary N) is 1. The van der Waals surface area contributed by atoms with Crippen LogP contribution >= 0.6 is 0 Å². The maximum absolute atomic E-state index is 13.3. The molecule has 4 rings (SSSR count).